The van der Waals surface area contributed by atoms with E-state index in [1.165, 1.54) is 13.3 Å². The summed E-state index contributed by atoms with van der Waals surface area (Å²) in [6, 6.07) is 6.86. The van der Waals surface area contributed by atoms with Crippen LogP contribution in [0.15, 0.2) is 36.8 Å². The van der Waals surface area contributed by atoms with Crippen LogP contribution in [0.4, 0.5) is 5.69 Å². The number of rotatable bonds is 4. The number of hydrogen-bond acceptors (Lipinski definition) is 5. The number of benzene rings is 1. The summed E-state index contributed by atoms with van der Waals surface area (Å²) in [4.78, 5) is 19.5. The summed E-state index contributed by atoms with van der Waals surface area (Å²) >= 11 is 5.98. The van der Waals surface area contributed by atoms with E-state index in [-0.39, 0.29) is 12.0 Å². The lowest BCUT2D eigenvalue weighted by Gasteiger charge is -2.18. The molecule has 8 heteroatoms. The number of aromatic nitrogens is 4. The molecule has 0 fully saturated rings. The maximum Gasteiger partial charge on any atom is 0.252 e. The smallest absolute Gasteiger partial charge is 0.252 e. The summed E-state index contributed by atoms with van der Waals surface area (Å²) in [6.45, 7) is 3.30. The first-order valence-corrected chi connectivity index (χ1v) is 7.31. The van der Waals surface area contributed by atoms with Gasteiger partial charge in [0.15, 0.2) is 0 Å². The molecule has 23 heavy (non-hydrogen) atoms. The Bertz CT molecular complexity index is 864. The molecule has 0 aliphatic carbocycles. The van der Waals surface area contributed by atoms with Crippen molar-refractivity contribution in [1.29, 1.82) is 0 Å². The van der Waals surface area contributed by atoms with Crippen molar-refractivity contribution in [3.05, 3.63) is 47.5 Å². The molecule has 0 bridgehead atoms. The monoisotopic (exact) mass is 331 g/mol. The molecule has 0 aliphatic rings. The standard InChI is InChI=1S/C15H14ClN5O2/c1-9(13-5-6-17-15-18-8-19-21(13)15)23-14-4-3-11(16)7-12(14)20-10(2)22/h3-9H,1-2H3,(H,20,22). The second-order valence-electron chi connectivity index (χ2n) is 4.92. The van der Waals surface area contributed by atoms with Crippen LogP contribution < -0.4 is 10.1 Å². The number of carbonyl (C=O) groups is 1. The van der Waals surface area contributed by atoms with Crippen LogP contribution in [-0.2, 0) is 4.79 Å². The Morgan fingerprint density at radius 1 is 1.35 bits per heavy atom. The van der Waals surface area contributed by atoms with Gasteiger partial charge in [-0.25, -0.2) is 4.98 Å². The van der Waals surface area contributed by atoms with Gasteiger partial charge in [-0.3, -0.25) is 4.79 Å². The van der Waals surface area contributed by atoms with Crippen molar-refractivity contribution in [2.75, 3.05) is 5.32 Å². The summed E-state index contributed by atoms with van der Waals surface area (Å²) in [7, 11) is 0. The van der Waals surface area contributed by atoms with Crippen LogP contribution in [0.2, 0.25) is 5.02 Å². The molecular weight excluding hydrogens is 318 g/mol. The van der Waals surface area contributed by atoms with E-state index in [1.807, 2.05) is 6.92 Å². The van der Waals surface area contributed by atoms with Crippen LogP contribution >= 0.6 is 11.6 Å². The Morgan fingerprint density at radius 2 is 2.17 bits per heavy atom. The number of nitrogens with one attached hydrogen (secondary N) is 1. The molecular formula is C15H14ClN5O2. The molecule has 7 nitrogen and oxygen atoms in total. The maximum atomic E-state index is 11.3. The average Bonchev–Trinajstić information content (AvgIpc) is 2.97. The zero-order valence-corrected chi connectivity index (χ0v) is 13.3. The lowest BCUT2D eigenvalue weighted by Crippen LogP contribution is -2.12. The molecule has 1 atom stereocenters. The molecule has 0 radical (unpaired) electrons. The van der Waals surface area contributed by atoms with Gasteiger partial charge < -0.3 is 10.1 Å². The van der Waals surface area contributed by atoms with Gasteiger partial charge in [0, 0.05) is 18.1 Å². The highest BCUT2D eigenvalue weighted by molar-refractivity contribution is 6.31. The maximum absolute atomic E-state index is 11.3. The molecule has 0 aliphatic heterocycles. The van der Waals surface area contributed by atoms with Crippen molar-refractivity contribution in [3.63, 3.8) is 0 Å². The zero-order chi connectivity index (χ0) is 16.4. The van der Waals surface area contributed by atoms with Crippen molar-refractivity contribution < 1.29 is 9.53 Å². The lowest BCUT2D eigenvalue weighted by molar-refractivity contribution is -0.114. The number of halogens is 1. The summed E-state index contributed by atoms with van der Waals surface area (Å²) in [5, 5.41) is 7.36. The van der Waals surface area contributed by atoms with E-state index in [9.17, 15) is 4.79 Å². The fraction of sp³-hybridized carbons (Fsp3) is 0.200. The largest absolute Gasteiger partial charge is 0.482 e. The van der Waals surface area contributed by atoms with Crippen LogP contribution in [0.3, 0.4) is 0 Å². The van der Waals surface area contributed by atoms with Gasteiger partial charge in [0.25, 0.3) is 5.78 Å². The fourth-order valence-electron chi connectivity index (χ4n) is 2.21. The molecule has 0 spiro atoms. The zero-order valence-electron chi connectivity index (χ0n) is 12.5. The topological polar surface area (TPSA) is 81.4 Å². The number of nitrogens with zero attached hydrogens (tertiary/aromatic N) is 4. The van der Waals surface area contributed by atoms with E-state index in [2.05, 4.69) is 20.4 Å². The number of carbonyl (C=O) groups excluding carboxylic acids is 1. The van der Waals surface area contributed by atoms with Crippen LogP contribution in [-0.4, -0.2) is 25.5 Å². The number of anilines is 1. The van der Waals surface area contributed by atoms with Gasteiger partial charge in [-0.15, -0.1) is 0 Å². The number of fused-ring (bicyclic) bond motifs is 1. The van der Waals surface area contributed by atoms with Crippen molar-refractivity contribution >= 4 is 29.0 Å². The molecule has 1 amide bonds. The van der Waals surface area contributed by atoms with Crippen molar-refractivity contribution in [2.45, 2.75) is 20.0 Å². The molecule has 3 rings (SSSR count). The van der Waals surface area contributed by atoms with Gasteiger partial charge >= 0.3 is 0 Å². The Balaban J connectivity index is 1.92. The highest BCUT2D eigenvalue weighted by atomic mass is 35.5. The second kappa shape index (κ2) is 6.21. The third kappa shape index (κ3) is 3.24. The van der Waals surface area contributed by atoms with E-state index < -0.39 is 0 Å². The van der Waals surface area contributed by atoms with Crippen LogP contribution in [0.25, 0.3) is 5.78 Å². The molecule has 2 aromatic heterocycles. The average molecular weight is 332 g/mol. The van der Waals surface area contributed by atoms with Crippen LogP contribution in [0.1, 0.15) is 25.6 Å². The highest BCUT2D eigenvalue weighted by Gasteiger charge is 2.15. The summed E-state index contributed by atoms with van der Waals surface area (Å²) in [5.74, 6) is 0.811. The number of hydrogen-bond donors (Lipinski definition) is 1. The Morgan fingerprint density at radius 3 is 2.96 bits per heavy atom. The third-order valence-corrected chi connectivity index (χ3v) is 3.42. The van der Waals surface area contributed by atoms with Gasteiger partial charge in [0.05, 0.1) is 11.4 Å². The minimum atomic E-state index is -0.337. The Hall–Kier alpha value is -2.67. The normalized spacial score (nSPS) is 12.1. The number of ether oxygens (including phenoxy) is 1. The highest BCUT2D eigenvalue weighted by Crippen LogP contribution is 2.31. The first kappa shape index (κ1) is 15.2. The predicted octanol–water partition coefficient (Wildman–Crippen LogP) is 2.88. The van der Waals surface area contributed by atoms with Gasteiger partial charge in [-0.05, 0) is 31.2 Å². The Labute approximate surface area is 137 Å². The molecule has 1 N–H and O–H groups in total. The quantitative estimate of drug-likeness (QED) is 0.795. The molecule has 0 saturated carbocycles. The fourth-order valence-corrected chi connectivity index (χ4v) is 2.38. The minimum Gasteiger partial charge on any atom is -0.482 e. The van der Waals surface area contributed by atoms with Crippen molar-refractivity contribution in [3.8, 4) is 5.75 Å². The van der Waals surface area contributed by atoms with E-state index in [4.69, 9.17) is 16.3 Å². The van der Waals surface area contributed by atoms with Gasteiger partial charge in [0.2, 0.25) is 5.91 Å². The molecule has 3 aromatic rings. The lowest BCUT2D eigenvalue weighted by atomic mass is 10.2. The van der Waals surface area contributed by atoms with Crippen LogP contribution in [0, 0.1) is 0 Å². The first-order chi connectivity index (χ1) is 11.0. The van der Waals surface area contributed by atoms with E-state index in [1.54, 1.807) is 35.0 Å². The molecule has 118 valence electrons. The van der Waals surface area contributed by atoms with Crippen LogP contribution in [0.5, 0.6) is 5.75 Å². The van der Waals surface area contributed by atoms with E-state index in [0.717, 1.165) is 5.69 Å². The van der Waals surface area contributed by atoms with Gasteiger partial charge in [-0.2, -0.15) is 14.6 Å². The summed E-state index contributed by atoms with van der Waals surface area (Å²) < 4.78 is 7.58. The molecule has 1 aromatic carbocycles. The van der Waals surface area contributed by atoms with Crippen molar-refractivity contribution in [1.82, 2.24) is 19.6 Å². The second-order valence-corrected chi connectivity index (χ2v) is 5.36. The van der Waals surface area contributed by atoms with Gasteiger partial charge in [0.1, 0.15) is 18.2 Å². The first-order valence-electron chi connectivity index (χ1n) is 6.93. The third-order valence-electron chi connectivity index (χ3n) is 3.18. The molecule has 2 heterocycles. The van der Waals surface area contributed by atoms with Gasteiger partial charge in [-0.1, -0.05) is 11.6 Å². The molecule has 1 unspecified atom stereocenters. The summed E-state index contributed by atoms with van der Waals surface area (Å²) in [5.41, 5.74) is 1.30. The van der Waals surface area contributed by atoms with E-state index >= 15 is 0 Å². The minimum absolute atomic E-state index is 0.202. The predicted molar refractivity (Wildman–Crippen MR) is 85.6 cm³/mol. The summed E-state index contributed by atoms with van der Waals surface area (Å²) in [6.07, 6.45) is 2.75. The number of amides is 1. The van der Waals surface area contributed by atoms with E-state index in [0.29, 0.717) is 22.2 Å². The Kier molecular flexibility index (Phi) is 4.12. The van der Waals surface area contributed by atoms with Crippen molar-refractivity contribution in [2.24, 2.45) is 0 Å². The molecule has 0 saturated heterocycles. The SMILES string of the molecule is CC(=O)Nc1cc(Cl)ccc1OC(C)c1ccnc2ncnn12.